The van der Waals surface area contributed by atoms with Crippen LogP contribution in [0.25, 0.3) is 0 Å². The summed E-state index contributed by atoms with van der Waals surface area (Å²) < 4.78 is 10.3. The molecule has 1 aromatic carbocycles. The van der Waals surface area contributed by atoms with Gasteiger partial charge in [-0.2, -0.15) is 0 Å². The van der Waals surface area contributed by atoms with E-state index >= 15 is 0 Å². The predicted octanol–water partition coefficient (Wildman–Crippen LogP) is 2.09. The molecule has 1 heterocycles. The largest absolute Gasteiger partial charge is 0.477 e. The fraction of sp³-hybridized carbons (Fsp3) is 0.417. The molecule has 1 aromatic rings. The number of benzene rings is 1. The lowest BCUT2D eigenvalue weighted by Gasteiger charge is -2.13. The van der Waals surface area contributed by atoms with Crippen molar-refractivity contribution in [1.82, 2.24) is 0 Å². The highest BCUT2D eigenvalue weighted by molar-refractivity contribution is 6.32. The van der Waals surface area contributed by atoms with Gasteiger partial charge >= 0.3 is 5.97 Å². The highest BCUT2D eigenvalue weighted by atomic mass is 35.5. The Morgan fingerprint density at radius 2 is 2.35 bits per heavy atom. The zero-order chi connectivity index (χ0) is 12.4. The van der Waals surface area contributed by atoms with Crippen molar-refractivity contribution in [3.05, 3.63) is 28.8 Å². The van der Waals surface area contributed by atoms with Gasteiger partial charge in [-0.1, -0.05) is 17.7 Å². The summed E-state index contributed by atoms with van der Waals surface area (Å²) in [4.78, 5) is 11.2. The summed E-state index contributed by atoms with van der Waals surface area (Å²) in [7, 11) is 0. The fourth-order valence-corrected chi connectivity index (χ4v) is 1.84. The van der Waals surface area contributed by atoms with Crippen molar-refractivity contribution in [2.45, 2.75) is 25.6 Å². The summed E-state index contributed by atoms with van der Waals surface area (Å²) in [5.74, 6) is 0.0700. The van der Waals surface area contributed by atoms with Crippen LogP contribution in [0.4, 0.5) is 0 Å². The summed E-state index contributed by atoms with van der Waals surface area (Å²) in [6, 6.07) is 4.99. The van der Waals surface area contributed by atoms with Crippen molar-refractivity contribution < 1.29 is 19.4 Å². The van der Waals surface area contributed by atoms with Crippen LogP contribution in [0.2, 0.25) is 5.02 Å². The molecule has 1 fully saturated rings. The first kappa shape index (κ1) is 12.2. The average Bonchev–Trinajstić information content (AvgIpc) is 2.67. The van der Waals surface area contributed by atoms with Crippen LogP contribution >= 0.6 is 11.6 Å². The van der Waals surface area contributed by atoms with E-state index in [1.165, 1.54) is 0 Å². The zero-order valence-corrected chi connectivity index (χ0v) is 10.1. The van der Waals surface area contributed by atoms with E-state index in [0.717, 1.165) is 0 Å². The van der Waals surface area contributed by atoms with Crippen molar-refractivity contribution in [2.75, 3.05) is 6.61 Å². The lowest BCUT2D eigenvalue weighted by atomic mass is 10.1. The second kappa shape index (κ2) is 4.94. The van der Waals surface area contributed by atoms with Gasteiger partial charge in [-0.15, -0.1) is 0 Å². The smallest absolute Gasteiger partial charge is 0.347 e. The van der Waals surface area contributed by atoms with Crippen molar-refractivity contribution in [3.8, 4) is 5.75 Å². The molecule has 0 bridgehead atoms. The number of cyclic esters (lactones) is 1. The van der Waals surface area contributed by atoms with Crippen molar-refractivity contribution in [2.24, 2.45) is 0 Å². The van der Waals surface area contributed by atoms with E-state index in [1.807, 2.05) is 0 Å². The Labute approximate surface area is 104 Å². The number of hydrogen-bond acceptors (Lipinski definition) is 4. The maximum Gasteiger partial charge on any atom is 0.347 e. The van der Waals surface area contributed by atoms with Crippen molar-refractivity contribution >= 4 is 17.6 Å². The molecular formula is C12H13ClO4. The molecule has 4 nitrogen and oxygen atoms in total. The summed E-state index contributed by atoms with van der Waals surface area (Å²) in [5, 5.41) is 9.77. The number of ether oxygens (including phenoxy) is 2. The van der Waals surface area contributed by atoms with Crippen LogP contribution in [0.15, 0.2) is 18.2 Å². The second-order valence-electron chi connectivity index (χ2n) is 3.93. The highest BCUT2D eigenvalue weighted by Gasteiger charge is 2.28. The monoisotopic (exact) mass is 256 g/mol. The van der Waals surface area contributed by atoms with Crippen molar-refractivity contribution in [3.63, 3.8) is 0 Å². The molecule has 0 aliphatic carbocycles. The van der Waals surface area contributed by atoms with E-state index in [-0.39, 0.29) is 5.97 Å². The number of carbonyl (C=O) groups is 1. The Bertz CT molecular complexity index is 431. The number of esters is 1. The zero-order valence-electron chi connectivity index (χ0n) is 9.35. The van der Waals surface area contributed by atoms with Gasteiger partial charge in [0.15, 0.2) is 6.10 Å². The molecule has 0 saturated carbocycles. The molecule has 2 atom stereocenters. The van der Waals surface area contributed by atoms with Gasteiger partial charge in [0.2, 0.25) is 0 Å². The minimum absolute atomic E-state index is 0.360. The SMILES string of the molecule is CC(O)c1ccc(OC2CCOC2=O)c(Cl)c1. The Morgan fingerprint density at radius 1 is 1.59 bits per heavy atom. The van der Waals surface area contributed by atoms with Gasteiger partial charge < -0.3 is 14.6 Å². The third-order valence-corrected chi connectivity index (χ3v) is 2.89. The number of aliphatic hydroxyl groups is 1. The lowest BCUT2D eigenvalue weighted by molar-refractivity contribution is -0.143. The van der Waals surface area contributed by atoms with Gasteiger partial charge in [-0.05, 0) is 24.6 Å². The molecule has 2 rings (SSSR count). The van der Waals surface area contributed by atoms with Crippen LogP contribution in [-0.4, -0.2) is 23.8 Å². The molecule has 2 unspecified atom stereocenters. The number of carbonyl (C=O) groups excluding carboxylic acids is 1. The minimum Gasteiger partial charge on any atom is -0.477 e. The topological polar surface area (TPSA) is 55.8 Å². The van der Waals surface area contributed by atoms with Crippen LogP contribution in [-0.2, 0) is 9.53 Å². The average molecular weight is 257 g/mol. The maximum atomic E-state index is 11.2. The van der Waals surface area contributed by atoms with Gasteiger partial charge in [0.1, 0.15) is 5.75 Å². The molecule has 0 spiro atoms. The fourth-order valence-electron chi connectivity index (χ4n) is 1.61. The summed E-state index contributed by atoms with van der Waals surface area (Å²) in [6.07, 6.45) is -0.629. The van der Waals surface area contributed by atoms with Gasteiger partial charge in [0, 0.05) is 6.42 Å². The first-order valence-electron chi connectivity index (χ1n) is 5.38. The van der Waals surface area contributed by atoms with E-state index in [2.05, 4.69) is 0 Å². The van der Waals surface area contributed by atoms with E-state index in [4.69, 9.17) is 21.1 Å². The lowest BCUT2D eigenvalue weighted by Crippen LogP contribution is -2.21. The Hall–Kier alpha value is -1.26. The molecule has 0 radical (unpaired) electrons. The Kier molecular flexibility index (Phi) is 3.54. The molecule has 17 heavy (non-hydrogen) atoms. The number of aliphatic hydroxyl groups excluding tert-OH is 1. The van der Waals surface area contributed by atoms with E-state index < -0.39 is 12.2 Å². The number of hydrogen-bond donors (Lipinski definition) is 1. The third-order valence-electron chi connectivity index (χ3n) is 2.59. The first-order valence-corrected chi connectivity index (χ1v) is 5.76. The minimum atomic E-state index is -0.585. The van der Waals surface area contributed by atoms with E-state index in [0.29, 0.717) is 29.4 Å². The molecule has 1 N–H and O–H groups in total. The molecule has 1 aliphatic heterocycles. The predicted molar refractivity (Wildman–Crippen MR) is 62.1 cm³/mol. The van der Waals surface area contributed by atoms with Crippen molar-refractivity contribution in [1.29, 1.82) is 0 Å². The molecule has 92 valence electrons. The molecular weight excluding hydrogens is 244 g/mol. The van der Waals surface area contributed by atoms with Gasteiger partial charge in [0.25, 0.3) is 0 Å². The standard InChI is InChI=1S/C12H13ClO4/c1-7(14)8-2-3-10(9(13)6-8)17-11-4-5-16-12(11)15/h2-3,6-7,11,14H,4-5H2,1H3. The number of halogens is 1. The van der Waals surface area contributed by atoms with E-state index in [1.54, 1.807) is 25.1 Å². The van der Waals surface area contributed by atoms with Gasteiger partial charge in [0.05, 0.1) is 17.7 Å². The molecule has 5 heteroatoms. The summed E-state index contributed by atoms with van der Waals surface area (Å²) >= 11 is 6.01. The molecule has 0 aromatic heterocycles. The molecule has 0 amide bonds. The van der Waals surface area contributed by atoms with Crippen LogP contribution < -0.4 is 4.74 Å². The Morgan fingerprint density at radius 3 is 2.88 bits per heavy atom. The second-order valence-corrected chi connectivity index (χ2v) is 4.34. The van der Waals surface area contributed by atoms with Crippen LogP contribution in [0, 0.1) is 0 Å². The summed E-state index contributed by atoms with van der Waals surface area (Å²) in [5.41, 5.74) is 0.705. The van der Waals surface area contributed by atoms with Gasteiger partial charge in [-0.25, -0.2) is 4.79 Å². The molecule has 1 saturated heterocycles. The summed E-state index contributed by atoms with van der Waals surface area (Å²) in [6.45, 7) is 2.04. The quantitative estimate of drug-likeness (QED) is 0.842. The van der Waals surface area contributed by atoms with Crippen LogP contribution in [0.5, 0.6) is 5.75 Å². The maximum absolute atomic E-state index is 11.2. The Balaban J connectivity index is 2.14. The van der Waals surface area contributed by atoms with Crippen LogP contribution in [0.3, 0.4) is 0 Å². The van der Waals surface area contributed by atoms with Crippen LogP contribution in [0.1, 0.15) is 25.0 Å². The molecule has 1 aliphatic rings. The third kappa shape index (κ3) is 2.70. The van der Waals surface area contributed by atoms with E-state index in [9.17, 15) is 9.90 Å². The van der Waals surface area contributed by atoms with Gasteiger partial charge in [-0.3, -0.25) is 0 Å². The number of rotatable bonds is 3. The first-order chi connectivity index (χ1) is 8.08. The normalized spacial score (nSPS) is 21.1. The highest BCUT2D eigenvalue weighted by Crippen LogP contribution is 2.29.